The number of nitrogens with zero attached hydrogens (tertiary/aromatic N) is 2. The molecule has 0 aliphatic carbocycles. The first-order valence-corrected chi connectivity index (χ1v) is 8.31. The zero-order chi connectivity index (χ0) is 18.2. The first kappa shape index (κ1) is 17.4. The van der Waals surface area contributed by atoms with Crippen molar-refractivity contribution in [3.05, 3.63) is 101 Å². The Labute approximate surface area is 152 Å². The van der Waals surface area contributed by atoms with Crippen LogP contribution in [0.25, 0.3) is 0 Å². The van der Waals surface area contributed by atoms with E-state index in [2.05, 4.69) is 22.3 Å². The molecule has 1 heterocycles. The number of pyridine rings is 1. The van der Waals surface area contributed by atoms with E-state index in [1.54, 1.807) is 36.7 Å². The van der Waals surface area contributed by atoms with Gasteiger partial charge >= 0.3 is 5.97 Å². The van der Waals surface area contributed by atoms with Gasteiger partial charge in [-0.15, -0.1) is 0 Å². The Bertz CT molecular complexity index is 893. The molecule has 0 saturated carbocycles. The average molecular weight is 345 g/mol. The number of oxime groups is 1. The van der Waals surface area contributed by atoms with Gasteiger partial charge in [-0.25, -0.2) is 4.79 Å². The van der Waals surface area contributed by atoms with E-state index in [4.69, 9.17) is 10.6 Å². The van der Waals surface area contributed by atoms with Gasteiger partial charge in [0, 0.05) is 18.0 Å². The number of carbonyl (C=O) groups is 1. The molecular weight excluding hydrogens is 326 g/mol. The Morgan fingerprint density at radius 2 is 1.62 bits per heavy atom. The number of carbonyl (C=O) groups excluding carboxylic acids is 1. The van der Waals surface area contributed by atoms with Crippen molar-refractivity contribution < 1.29 is 9.63 Å². The van der Waals surface area contributed by atoms with E-state index in [9.17, 15) is 4.79 Å². The van der Waals surface area contributed by atoms with E-state index in [1.165, 1.54) is 5.56 Å². The van der Waals surface area contributed by atoms with Gasteiger partial charge in [0.25, 0.3) is 0 Å². The van der Waals surface area contributed by atoms with Crippen molar-refractivity contribution in [2.24, 2.45) is 10.9 Å². The van der Waals surface area contributed by atoms with Crippen molar-refractivity contribution in [1.29, 1.82) is 0 Å². The van der Waals surface area contributed by atoms with E-state index in [0.29, 0.717) is 11.1 Å². The number of aryl methyl sites for hydroxylation is 2. The van der Waals surface area contributed by atoms with Gasteiger partial charge in [-0.3, -0.25) is 4.98 Å². The summed E-state index contributed by atoms with van der Waals surface area (Å²) in [6.45, 7) is 0. The average Bonchev–Trinajstić information content (AvgIpc) is 2.72. The fourth-order valence-electron chi connectivity index (χ4n) is 2.58. The number of hydrogen-bond donors (Lipinski definition) is 1. The summed E-state index contributed by atoms with van der Waals surface area (Å²) >= 11 is 0. The van der Waals surface area contributed by atoms with Crippen LogP contribution in [0.2, 0.25) is 0 Å². The number of amidine groups is 1. The summed E-state index contributed by atoms with van der Waals surface area (Å²) in [6, 6.07) is 20.9. The molecule has 3 aromatic rings. The fourth-order valence-corrected chi connectivity index (χ4v) is 2.58. The Hall–Kier alpha value is -3.47. The van der Waals surface area contributed by atoms with Crippen LogP contribution in [0, 0.1) is 0 Å². The molecule has 3 rings (SSSR count). The standard InChI is InChI=1S/C21H19N3O2/c22-20(18-12-14-23-15-13-18)24-26-21(25)19-9-5-4-8-17(19)11-10-16-6-2-1-3-7-16/h1-9,12-15H,10-11H2,(H2,22,24). The number of rotatable bonds is 6. The quantitative estimate of drug-likeness (QED) is 0.322. The van der Waals surface area contributed by atoms with Crippen LogP contribution in [0.1, 0.15) is 27.0 Å². The van der Waals surface area contributed by atoms with Gasteiger partial charge < -0.3 is 10.6 Å². The lowest BCUT2D eigenvalue weighted by Gasteiger charge is -2.07. The summed E-state index contributed by atoms with van der Waals surface area (Å²) in [5.74, 6) is -0.395. The highest BCUT2D eigenvalue weighted by molar-refractivity contribution is 5.98. The predicted molar refractivity (Wildman–Crippen MR) is 101 cm³/mol. The van der Waals surface area contributed by atoms with Crippen LogP contribution in [0.3, 0.4) is 0 Å². The van der Waals surface area contributed by atoms with Crippen LogP contribution in [0.5, 0.6) is 0 Å². The Morgan fingerprint density at radius 3 is 2.38 bits per heavy atom. The van der Waals surface area contributed by atoms with E-state index in [1.807, 2.05) is 30.3 Å². The van der Waals surface area contributed by atoms with Gasteiger partial charge in [0.15, 0.2) is 5.84 Å². The molecule has 0 amide bonds. The first-order chi connectivity index (χ1) is 12.7. The molecule has 2 aromatic carbocycles. The number of nitrogens with two attached hydrogens (primary N) is 1. The molecule has 0 unspecified atom stereocenters. The minimum atomic E-state index is -0.523. The topological polar surface area (TPSA) is 77.6 Å². The van der Waals surface area contributed by atoms with Crippen LogP contribution in [0.15, 0.2) is 84.3 Å². The van der Waals surface area contributed by atoms with Gasteiger partial charge in [-0.1, -0.05) is 53.7 Å². The second kappa shape index (κ2) is 8.58. The van der Waals surface area contributed by atoms with Crippen molar-refractivity contribution in [3.63, 3.8) is 0 Å². The fraction of sp³-hybridized carbons (Fsp3) is 0.0952. The van der Waals surface area contributed by atoms with Crippen molar-refractivity contribution >= 4 is 11.8 Å². The van der Waals surface area contributed by atoms with Crippen LogP contribution in [0.4, 0.5) is 0 Å². The second-order valence-corrected chi connectivity index (χ2v) is 5.73. The normalized spacial score (nSPS) is 11.2. The maximum absolute atomic E-state index is 12.4. The van der Waals surface area contributed by atoms with Crippen molar-refractivity contribution in [2.45, 2.75) is 12.8 Å². The molecule has 0 spiro atoms. The molecule has 130 valence electrons. The van der Waals surface area contributed by atoms with Crippen LogP contribution < -0.4 is 5.73 Å². The van der Waals surface area contributed by atoms with Gasteiger partial charge in [-0.05, 0) is 42.2 Å². The first-order valence-electron chi connectivity index (χ1n) is 8.31. The molecule has 0 bridgehead atoms. The lowest BCUT2D eigenvalue weighted by atomic mass is 10.00. The molecule has 0 fully saturated rings. The van der Waals surface area contributed by atoms with Gasteiger partial charge in [0.05, 0.1) is 5.56 Å². The zero-order valence-electron chi connectivity index (χ0n) is 14.2. The minimum absolute atomic E-state index is 0.127. The lowest BCUT2D eigenvalue weighted by Crippen LogP contribution is -2.15. The maximum Gasteiger partial charge on any atom is 0.366 e. The molecule has 0 atom stereocenters. The molecule has 26 heavy (non-hydrogen) atoms. The monoisotopic (exact) mass is 345 g/mol. The van der Waals surface area contributed by atoms with E-state index in [-0.39, 0.29) is 5.84 Å². The highest BCUT2D eigenvalue weighted by Gasteiger charge is 2.13. The summed E-state index contributed by atoms with van der Waals surface area (Å²) in [5.41, 5.74) is 9.11. The number of benzene rings is 2. The SMILES string of the molecule is N/C(=N\OC(=O)c1ccccc1CCc1ccccc1)c1ccncc1. The second-order valence-electron chi connectivity index (χ2n) is 5.73. The summed E-state index contributed by atoms with van der Waals surface area (Å²) < 4.78 is 0. The smallest absolute Gasteiger partial charge is 0.366 e. The summed E-state index contributed by atoms with van der Waals surface area (Å²) in [7, 11) is 0. The Balaban J connectivity index is 1.69. The number of aromatic nitrogens is 1. The maximum atomic E-state index is 12.4. The van der Waals surface area contributed by atoms with Gasteiger partial charge in [0.1, 0.15) is 0 Å². The van der Waals surface area contributed by atoms with E-state index in [0.717, 1.165) is 18.4 Å². The molecule has 1 aromatic heterocycles. The molecule has 0 aliphatic rings. The van der Waals surface area contributed by atoms with Crippen LogP contribution in [-0.2, 0) is 17.7 Å². The lowest BCUT2D eigenvalue weighted by molar-refractivity contribution is 0.0514. The molecule has 5 heteroatoms. The highest BCUT2D eigenvalue weighted by atomic mass is 16.7. The molecular formula is C21H19N3O2. The molecule has 0 radical (unpaired) electrons. The third kappa shape index (κ3) is 4.54. The minimum Gasteiger partial charge on any atom is -0.380 e. The third-order valence-corrected chi connectivity index (χ3v) is 3.97. The van der Waals surface area contributed by atoms with Gasteiger partial charge in [-0.2, -0.15) is 0 Å². The van der Waals surface area contributed by atoms with Crippen molar-refractivity contribution in [2.75, 3.05) is 0 Å². The molecule has 0 aliphatic heterocycles. The molecule has 5 nitrogen and oxygen atoms in total. The zero-order valence-corrected chi connectivity index (χ0v) is 14.2. The van der Waals surface area contributed by atoms with Crippen molar-refractivity contribution in [1.82, 2.24) is 4.98 Å². The highest BCUT2D eigenvalue weighted by Crippen LogP contribution is 2.14. The molecule has 0 saturated heterocycles. The summed E-state index contributed by atoms with van der Waals surface area (Å²) in [6.07, 6.45) is 4.77. The third-order valence-electron chi connectivity index (χ3n) is 3.97. The van der Waals surface area contributed by atoms with E-state index < -0.39 is 5.97 Å². The summed E-state index contributed by atoms with van der Waals surface area (Å²) in [5, 5.41) is 3.75. The summed E-state index contributed by atoms with van der Waals surface area (Å²) in [4.78, 5) is 21.4. The Morgan fingerprint density at radius 1 is 0.923 bits per heavy atom. The van der Waals surface area contributed by atoms with Gasteiger partial charge in [0.2, 0.25) is 0 Å². The predicted octanol–water partition coefficient (Wildman–Crippen LogP) is 3.34. The van der Waals surface area contributed by atoms with Crippen LogP contribution >= 0.6 is 0 Å². The van der Waals surface area contributed by atoms with Crippen molar-refractivity contribution in [3.8, 4) is 0 Å². The van der Waals surface area contributed by atoms with Crippen LogP contribution in [-0.4, -0.2) is 16.8 Å². The largest absolute Gasteiger partial charge is 0.380 e. The number of hydrogen-bond acceptors (Lipinski definition) is 4. The molecule has 2 N–H and O–H groups in total. The Kier molecular flexibility index (Phi) is 5.72. The van der Waals surface area contributed by atoms with E-state index >= 15 is 0 Å².